The first kappa shape index (κ1) is 7.84. The van der Waals surface area contributed by atoms with Crippen molar-refractivity contribution < 1.29 is 15.3 Å². The molecule has 8 heavy (non-hydrogen) atoms. The second-order valence-electron chi connectivity index (χ2n) is 1.85. The molecule has 1 atom stereocenters. The molecule has 0 rings (SSSR count). The van der Waals surface area contributed by atoms with Crippen LogP contribution in [0.15, 0.2) is 0 Å². The monoisotopic (exact) mass is 121 g/mol. The first-order valence-corrected chi connectivity index (χ1v) is 2.31. The highest BCUT2D eigenvalue weighted by Gasteiger charge is 2.24. The van der Waals surface area contributed by atoms with Crippen LogP contribution in [0.3, 0.4) is 0 Å². The van der Waals surface area contributed by atoms with Gasteiger partial charge < -0.3 is 21.1 Å². The molecule has 0 fully saturated rings. The van der Waals surface area contributed by atoms with Crippen molar-refractivity contribution >= 4 is 0 Å². The summed E-state index contributed by atoms with van der Waals surface area (Å²) in [4.78, 5) is 0. The highest BCUT2D eigenvalue weighted by Crippen LogP contribution is 2.01. The lowest BCUT2D eigenvalue weighted by atomic mass is 10.2. The zero-order valence-electron chi connectivity index (χ0n) is 4.70. The molecular formula is C4H11NO3. The van der Waals surface area contributed by atoms with Gasteiger partial charge in [-0.1, -0.05) is 0 Å². The van der Waals surface area contributed by atoms with Crippen LogP contribution in [-0.2, 0) is 0 Å². The van der Waals surface area contributed by atoms with E-state index in [4.69, 9.17) is 21.1 Å². The molecule has 50 valence electrons. The molecule has 0 aliphatic rings. The Morgan fingerprint density at radius 1 is 1.62 bits per heavy atom. The van der Waals surface area contributed by atoms with Gasteiger partial charge in [0.15, 0.2) is 5.79 Å². The van der Waals surface area contributed by atoms with Crippen LogP contribution in [0.4, 0.5) is 0 Å². The van der Waals surface area contributed by atoms with Gasteiger partial charge in [0.05, 0.1) is 0 Å². The highest BCUT2D eigenvalue weighted by atomic mass is 16.5. The zero-order valence-corrected chi connectivity index (χ0v) is 4.70. The van der Waals surface area contributed by atoms with Gasteiger partial charge in [0.25, 0.3) is 0 Å². The minimum absolute atomic E-state index is 0.149. The number of hydrogen-bond donors (Lipinski definition) is 4. The minimum Gasteiger partial charge on any atom is -0.386 e. The minimum atomic E-state index is -2.06. The molecule has 0 aromatic carbocycles. The van der Waals surface area contributed by atoms with Crippen LogP contribution < -0.4 is 5.73 Å². The summed E-state index contributed by atoms with van der Waals surface area (Å²) in [5.41, 5.74) is 4.89. The lowest BCUT2D eigenvalue weighted by Gasteiger charge is -2.20. The molecule has 0 aliphatic heterocycles. The lowest BCUT2D eigenvalue weighted by molar-refractivity contribution is -0.207. The quantitative estimate of drug-likeness (QED) is 0.318. The maximum absolute atomic E-state index is 8.57. The molecule has 0 heterocycles. The molecule has 0 aromatic heterocycles. The predicted molar refractivity (Wildman–Crippen MR) is 27.9 cm³/mol. The standard InChI is InChI=1S/C4H11NO3/c1-4(7,8)3(6)2-5/h3,6-8H,2,5H2,1H3. The van der Waals surface area contributed by atoms with Gasteiger partial charge in [-0.15, -0.1) is 0 Å². The Kier molecular flexibility index (Phi) is 2.36. The molecule has 0 spiro atoms. The Morgan fingerprint density at radius 2 is 2.00 bits per heavy atom. The smallest absolute Gasteiger partial charge is 0.187 e. The van der Waals surface area contributed by atoms with E-state index in [-0.39, 0.29) is 6.54 Å². The summed E-state index contributed by atoms with van der Waals surface area (Å²) in [6.07, 6.45) is -1.26. The summed E-state index contributed by atoms with van der Waals surface area (Å²) in [5, 5.41) is 25.6. The van der Waals surface area contributed by atoms with E-state index >= 15 is 0 Å². The Balaban J connectivity index is 3.62. The first-order valence-electron chi connectivity index (χ1n) is 2.31. The summed E-state index contributed by atoms with van der Waals surface area (Å²) >= 11 is 0. The van der Waals surface area contributed by atoms with Gasteiger partial charge >= 0.3 is 0 Å². The number of aliphatic hydroxyl groups is 3. The van der Waals surface area contributed by atoms with Gasteiger partial charge in [0, 0.05) is 6.54 Å². The van der Waals surface area contributed by atoms with E-state index in [1.807, 2.05) is 0 Å². The van der Waals surface area contributed by atoms with Crippen LogP contribution in [0.1, 0.15) is 6.92 Å². The molecule has 4 heteroatoms. The molecule has 0 aliphatic carbocycles. The van der Waals surface area contributed by atoms with Crippen molar-refractivity contribution in [1.29, 1.82) is 0 Å². The summed E-state index contributed by atoms with van der Waals surface area (Å²) in [6.45, 7) is 0.925. The Labute approximate surface area is 47.6 Å². The average molecular weight is 121 g/mol. The SMILES string of the molecule is CC(O)(O)C(O)CN. The van der Waals surface area contributed by atoms with Crippen LogP contribution in [0, 0.1) is 0 Å². The first-order chi connectivity index (χ1) is 3.48. The van der Waals surface area contributed by atoms with Gasteiger partial charge in [-0.05, 0) is 6.92 Å². The van der Waals surface area contributed by atoms with Crippen molar-refractivity contribution in [2.45, 2.75) is 18.8 Å². The van der Waals surface area contributed by atoms with Crippen molar-refractivity contribution in [3.8, 4) is 0 Å². The number of nitrogens with two attached hydrogens (primary N) is 1. The summed E-state index contributed by atoms with van der Waals surface area (Å²) in [7, 11) is 0. The van der Waals surface area contributed by atoms with Gasteiger partial charge in [0.2, 0.25) is 0 Å². The molecule has 5 N–H and O–H groups in total. The molecule has 1 unspecified atom stereocenters. The Hall–Kier alpha value is -0.160. The summed E-state index contributed by atoms with van der Waals surface area (Å²) in [5.74, 6) is -2.06. The van der Waals surface area contributed by atoms with Gasteiger partial charge in [-0.2, -0.15) is 0 Å². The maximum Gasteiger partial charge on any atom is 0.187 e. The fourth-order valence-electron chi connectivity index (χ4n) is 0.223. The van der Waals surface area contributed by atoms with Gasteiger partial charge in [0.1, 0.15) is 6.10 Å². The molecule has 0 saturated carbocycles. The zero-order chi connectivity index (χ0) is 6.78. The second kappa shape index (κ2) is 2.41. The number of hydrogen-bond acceptors (Lipinski definition) is 4. The van der Waals surface area contributed by atoms with E-state index < -0.39 is 11.9 Å². The van der Waals surface area contributed by atoms with Crippen LogP contribution in [0.2, 0.25) is 0 Å². The Morgan fingerprint density at radius 3 is 2.00 bits per heavy atom. The summed E-state index contributed by atoms with van der Waals surface area (Å²) < 4.78 is 0. The highest BCUT2D eigenvalue weighted by molar-refractivity contribution is 4.68. The van der Waals surface area contributed by atoms with Gasteiger partial charge in [-0.3, -0.25) is 0 Å². The molecule has 0 saturated heterocycles. The molecule has 0 aromatic rings. The summed E-state index contributed by atoms with van der Waals surface area (Å²) in [6, 6.07) is 0. The van der Waals surface area contributed by atoms with E-state index in [1.165, 1.54) is 0 Å². The molecule has 0 bridgehead atoms. The number of aliphatic hydroxyl groups excluding tert-OH is 1. The lowest BCUT2D eigenvalue weighted by Crippen LogP contribution is -2.43. The fourth-order valence-corrected chi connectivity index (χ4v) is 0.223. The second-order valence-corrected chi connectivity index (χ2v) is 1.85. The third-order valence-corrected chi connectivity index (χ3v) is 0.855. The Bertz CT molecular complexity index is 68.2. The predicted octanol–water partition coefficient (Wildman–Crippen LogP) is -1.99. The topological polar surface area (TPSA) is 86.7 Å². The van der Waals surface area contributed by atoms with Crippen LogP contribution in [0.5, 0.6) is 0 Å². The molecule has 4 nitrogen and oxygen atoms in total. The van der Waals surface area contributed by atoms with Crippen molar-refractivity contribution in [2.75, 3.05) is 6.54 Å². The van der Waals surface area contributed by atoms with Crippen LogP contribution >= 0.6 is 0 Å². The van der Waals surface area contributed by atoms with E-state index in [1.54, 1.807) is 0 Å². The van der Waals surface area contributed by atoms with E-state index in [0.29, 0.717) is 0 Å². The third-order valence-electron chi connectivity index (χ3n) is 0.855. The largest absolute Gasteiger partial charge is 0.386 e. The van der Waals surface area contributed by atoms with Crippen molar-refractivity contribution in [3.05, 3.63) is 0 Å². The molecular weight excluding hydrogens is 110 g/mol. The average Bonchev–Trinajstić information content (AvgIpc) is 1.62. The van der Waals surface area contributed by atoms with Crippen LogP contribution in [0.25, 0.3) is 0 Å². The van der Waals surface area contributed by atoms with Crippen molar-refractivity contribution in [2.24, 2.45) is 5.73 Å². The van der Waals surface area contributed by atoms with E-state index in [9.17, 15) is 0 Å². The number of rotatable bonds is 2. The maximum atomic E-state index is 8.57. The van der Waals surface area contributed by atoms with Crippen molar-refractivity contribution in [1.82, 2.24) is 0 Å². The van der Waals surface area contributed by atoms with Gasteiger partial charge in [-0.25, -0.2) is 0 Å². The fraction of sp³-hybridized carbons (Fsp3) is 1.00. The van der Waals surface area contributed by atoms with Crippen LogP contribution in [-0.4, -0.2) is 33.8 Å². The van der Waals surface area contributed by atoms with E-state index in [0.717, 1.165) is 6.92 Å². The molecule has 0 amide bonds. The normalized spacial score (nSPS) is 16.1. The molecule has 0 radical (unpaired) electrons. The third kappa shape index (κ3) is 2.23. The van der Waals surface area contributed by atoms with Crippen molar-refractivity contribution in [3.63, 3.8) is 0 Å². The van der Waals surface area contributed by atoms with E-state index in [2.05, 4.69) is 0 Å².